The standard InChI is InChI=1S/C23H19ClF4N2O/c24-15-3-13(6-16(25)7-15)21(28)19-11-23(9-14(19)10-23)22(31)30-20(1-2-29-30)12-4-17(26)8-18(27)5-12/h2-8,14,19-21H,1,9-11H2. The van der Waals surface area contributed by atoms with Gasteiger partial charge in [0.05, 0.1) is 11.5 Å². The molecule has 162 valence electrons. The van der Waals surface area contributed by atoms with Crippen LogP contribution >= 0.6 is 11.6 Å². The van der Waals surface area contributed by atoms with E-state index in [1.807, 2.05) is 0 Å². The van der Waals surface area contributed by atoms with Gasteiger partial charge in [-0.25, -0.2) is 22.6 Å². The first-order valence-electron chi connectivity index (χ1n) is 10.2. The predicted octanol–water partition coefficient (Wildman–Crippen LogP) is 6.14. The van der Waals surface area contributed by atoms with Crippen molar-refractivity contribution in [2.24, 2.45) is 22.4 Å². The second-order valence-electron chi connectivity index (χ2n) is 8.82. The quantitative estimate of drug-likeness (QED) is 0.515. The van der Waals surface area contributed by atoms with Gasteiger partial charge < -0.3 is 0 Å². The second kappa shape index (κ2) is 7.33. The molecular formula is C23H19ClF4N2O. The van der Waals surface area contributed by atoms with E-state index in [4.69, 9.17) is 11.6 Å². The van der Waals surface area contributed by atoms with Crippen LogP contribution in [0, 0.1) is 34.7 Å². The summed E-state index contributed by atoms with van der Waals surface area (Å²) in [6.07, 6.45) is 1.85. The molecule has 2 bridgehead atoms. The first kappa shape index (κ1) is 20.5. The fourth-order valence-corrected chi connectivity index (χ4v) is 5.74. The largest absolute Gasteiger partial charge is 0.272 e. The lowest BCUT2D eigenvalue weighted by Crippen LogP contribution is -2.45. The van der Waals surface area contributed by atoms with E-state index in [0.717, 1.165) is 18.2 Å². The molecule has 3 aliphatic carbocycles. The van der Waals surface area contributed by atoms with E-state index >= 15 is 4.39 Å². The van der Waals surface area contributed by atoms with E-state index < -0.39 is 41.0 Å². The van der Waals surface area contributed by atoms with Crippen LogP contribution in [-0.2, 0) is 4.79 Å². The molecule has 0 aromatic heterocycles. The summed E-state index contributed by atoms with van der Waals surface area (Å²) >= 11 is 5.87. The van der Waals surface area contributed by atoms with Gasteiger partial charge in [0.15, 0.2) is 0 Å². The van der Waals surface area contributed by atoms with Crippen molar-refractivity contribution in [1.29, 1.82) is 0 Å². The number of carbonyl (C=O) groups is 1. The molecule has 3 unspecified atom stereocenters. The molecule has 3 fully saturated rings. The normalized spacial score (nSPS) is 29.8. The number of fused-ring (bicyclic) bond motifs is 1. The number of halogens is 5. The minimum absolute atomic E-state index is 0.0117. The Kier molecular flexibility index (Phi) is 4.84. The summed E-state index contributed by atoms with van der Waals surface area (Å²) < 4.78 is 56.3. The van der Waals surface area contributed by atoms with Crippen LogP contribution in [0.3, 0.4) is 0 Å². The smallest absolute Gasteiger partial charge is 0.249 e. The Labute approximate surface area is 181 Å². The van der Waals surface area contributed by atoms with Gasteiger partial charge in [-0.3, -0.25) is 4.79 Å². The van der Waals surface area contributed by atoms with E-state index in [-0.39, 0.29) is 22.4 Å². The molecule has 31 heavy (non-hydrogen) atoms. The fourth-order valence-electron chi connectivity index (χ4n) is 5.51. The maximum absolute atomic E-state index is 15.3. The van der Waals surface area contributed by atoms with E-state index in [9.17, 15) is 18.0 Å². The molecule has 1 heterocycles. The average Bonchev–Trinajstić information content (AvgIpc) is 3.38. The summed E-state index contributed by atoms with van der Waals surface area (Å²) in [6, 6.07) is 6.27. The van der Waals surface area contributed by atoms with E-state index in [1.165, 1.54) is 23.2 Å². The second-order valence-corrected chi connectivity index (χ2v) is 9.26. The van der Waals surface area contributed by atoms with Gasteiger partial charge in [-0.2, -0.15) is 5.10 Å². The predicted molar refractivity (Wildman–Crippen MR) is 108 cm³/mol. The zero-order valence-electron chi connectivity index (χ0n) is 16.4. The number of hydrazone groups is 1. The van der Waals surface area contributed by atoms with Crippen molar-refractivity contribution >= 4 is 23.7 Å². The van der Waals surface area contributed by atoms with E-state index in [0.29, 0.717) is 31.2 Å². The maximum Gasteiger partial charge on any atom is 0.249 e. The Morgan fingerprint density at radius 1 is 1.03 bits per heavy atom. The number of amides is 1. The van der Waals surface area contributed by atoms with Crippen LogP contribution in [-0.4, -0.2) is 17.1 Å². The number of carbonyl (C=O) groups excluding carboxylic acids is 1. The van der Waals surface area contributed by atoms with Crippen LogP contribution < -0.4 is 0 Å². The number of hydrogen-bond acceptors (Lipinski definition) is 2. The lowest BCUT2D eigenvalue weighted by Gasteiger charge is -2.40. The summed E-state index contributed by atoms with van der Waals surface area (Å²) in [7, 11) is 0. The average molecular weight is 451 g/mol. The van der Waals surface area contributed by atoms with Gasteiger partial charge in [-0.1, -0.05) is 11.6 Å². The molecule has 8 heteroatoms. The molecule has 3 atom stereocenters. The Hall–Kier alpha value is -2.41. The van der Waals surface area contributed by atoms with Gasteiger partial charge in [0.1, 0.15) is 23.6 Å². The maximum atomic E-state index is 15.3. The number of benzene rings is 2. The summed E-state index contributed by atoms with van der Waals surface area (Å²) in [5, 5.41) is 5.59. The molecule has 6 rings (SSSR count). The first-order chi connectivity index (χ1) is 14.8. The topological polar surface area (TPSA) is 32.7 Å². The zero-order valence-corrected chi connectivity index (χ0v) is 17.1. The Balaban J connectivity index is 1.35. The lowest BCUT2D eigenvalue weighted by molar-refractivity contribution is -0.148. The molecule has 3 saturated carbocycles. The molecule has 4 aliphatic rings. The van der Waals surface area contributed by atoms with Gasteiger partial charge >= 0.3 is 0 Å². The van der Waals surface area contributed by atoms with Crippen molar-refractivity contribution < 1.29 is 22.4 Å². The van der Waals surface area contributed by atoms with Crippen molar-refractivity contribution in [1.82, 2.24) is 5.01 Å². The summed E-state index contributed by atoms with van der Waals surface area (Å²) in [6.45, 7) is 0. The minimum Gasteiger partial charge on any atom is -0.272 e. The molecule has 2 aromatic rings. The first-order valence-corrected chi connectivity index (χ1v) is 10.6. The third kappa shape index (κ3) is 3.43. The molecule has 0 radical (unpaired) electrons. The van der Waals surface area contributed by atoms with Crippen LogP contribution in [0.1, 0.15) is 49.0 Å². The highest BCUT2D eigenvalue weighted by molar-refractivity contribution is 6.30. The van der Waals surface area contributed by atoms with Crippen molar-refractivity contribution in [3.8, 4) is 0 Å². The summed E-state index contributed by atoms with van der Waals surface area (Å²) in [5.41, 5.74) is -0.233. The van der Waals surface area contributed by atoms with E-state index in [2.05, 4.69) is 5.10 Å². The highest BCUT2D eigenvalue weighted by Crippen LogP contribution is 2.66. The number of nitrogens with zero attached hydrogens (tertiary/aromatic N) is 2. The van der Waals surface area contributed by atoms with Crippen LogP contribution in [0.2, 0.25) is 5.02 Å². The highest BCUT2D eigenvalue weighted by atomic mass is 35.5. The van der Waals surface area contributed by atoms with Crippen molar-refractivity contribution in [3.05, 3.63) is 70.0 Å². The SMILES string of the molecule is O=C(N1N=CCC1c1cc(F)cc(F)c1)C12CC(C1)C(C(F)c1cc(F)cc(Cl)c1)C2. The monoisotopic (exact) mass is 450 g/mol. The zero-order chi connectivity index (χ0) is 21.9. The molecule has 0 saturated heterocycles. The molecule has 2 aromatic carbocycles. The minimum atomic E-state index is -1.43. The molecule has 3 nitrogen and oxygen atoms in total. The van der Waals surface area contributed by atoms with Gasteiger partial charge in [-0.05, 0) is 72.6 Å². The third-order valence-corrected chi connectivity index (χ3v) is 7.10. The van der Waals surface area contributed by atoms with Gasteiger partial charge in [0.2, 0.25) is 5.91 Å². The van der Waals surface area contributed by atoms with Crippen molar-refractivity contribution in [2.45, 2.75) is 37.9 Å². The van der Waals surface area contributed by atoms with E-state index in [1.54, 1.807) is 6.21 Å². The van der Waals surface area contributed by atoms with Crippen molar-refractivity contribution in [2.75, 3.05) is 0 Å². The van der Waals surface area contributed by atoms with Crippen LogP contribution in [0.4, 0.5) is 17.6 Å². The molecule has 0 spiro atoms. The summed E-state index contributed by atoms with van der Waals surface area (Å²) in [4.78, 5) is 13.4. The molecule has 1 aliphatic heterocycles. The van der Waals surface area contributed by atoms with Crippen molar-refractivity contribution in [3.63, 3.8) is 0 Å². The Morgan fingerprint density at radius 3 is 2.39 bits per heavy atom. The van der Waals surface area contributed by atoms with Gasteiger partial charge in [0.25, 0.3) is 0 Å². The Morgan fingerprint density at radius 2 is 1.71 bits per heavy atom. The molecule has 1 amide bonds. The lowest BCUT2D eigenvalue weighted by atomic mass is 9.68. The number of alkyl halides is 1. The highest BCUT2D eigenvalue weighted by Gasteiger charge is 2.63. The molecule has 0 N–H and O–H groups in total. The van der Waals surface area contributed by atoms with Crippen LogP contribution in [0.15, 0.2) is 41.5 Å². The van der Waals surface area contributed by atoms with Crippen LogP contribution in [0.25, 0.3) is 0 Å². The fraction of sp³-hybridized carbons (Fsp3) is 0.391. The summed E-state index contributed by atoms with van der Waals surface area (Å²) in [5.74, 6) is -2.69. The van der Waals surface area contributed by atoms with Gasteiger partial charge in [0, 0.05) is 23.7 Å². The number of rotatable bonds is 4. The number of hydrogen-bond donors (Lipinski definition) is 0. The van der Waals surface area contributed by atoms with Crippen LogP contribution in [0.5, 0.6) is 0 Å². The Bertz CT molecular complexity index is 1040. The van der Waals surface area contributed by atoms with Gasteiger partial charge in [-0.15, -0.1) is 0 Å². The third-order valence-electron chi connectivity index (χ3n) is 6.88. The molecular weight excluding hydrogens is 432 g/mol.